The molecule has 0 fully saturated rings. The molecule has 24 heavy (non-hydrogen) atoms. The van der Waals surface area contributed by atoms with Gasteiger partial charge in [0.15, 0.2) is 0 Å². The van der Waals surface area contributed by atoms with Crippen LogP contribution in [0.25, 0.3) is 11.0 Å². The van der Waals surface area contributed by atoms with E-state index in [1.54, 1.807) is 31.2 Å². The van der Waals surface area contributed by atoms with Crippen molar-refractivity contribution in [2.24, 2.45) is 0 Å². The number of carbonyl (C=O) groups is 1. The smallest absolute Gasteiger partial charge is 0.349 e. The largest absolute Gasteiger partial charge is 0.422 e. The van der Waals surface area contributed by atoms with Crippen LogP contribution in [-0.2, 0) is 6.54 Å². The number of para-hydroxylation sites is 1. The lowest BCUT2D eigenvalue weighted by Crippen LogP contribution is -2.33. The Morgan fingerprint density at radius 3 is 2.83 bits per heavy atom. The Morgan fingerprint density at radius 1 is 1.25 bits per heavy atom. The molecule has 0 saturated carbocycles. The number of aryl methyl sites for hydroxylation is 1. The first-order valence-corrected chi connectivity index (χ1v) is 7.39. The van der Waals surface area contributed by atoms with Crippen LogP contribution in [0.15, 0.2) is 56.7 Å². The molecule has 0 saturated heterocycles. The van der Waals surface area contributed by atoms with E-state index in [1.807, 2.05) is 0 Å². The second-order valence-electron chi connectivity index (χ2n) is 5.30. The molecule has 7 nitrogen and oxygen atoms in total. The summed E-state index contributed by atoms with van der Waals surface area (Å²) in [4.78, 5) is 39.8. The molecule has 3 rings (SSSR count). The van der Waals surface area contributed by atoms with Crippen molar-refractivity contribution >= 4 is 16.9 Å². The van der Waals surface area contributed by atoms with Crippen LogP contribution in [0.1, 0.15) is 16.1 Å². The first kappa shape index (κ1) is 15.7. The lowest BCUT2D eigenvalue weighted by atomic mass is 10.2. The van der Waals surface area contributed by atoms with Gasteiger partial charge in [-0.15, -0.1) is 0 Å². The van der Waals surface area contributed by atoms with E-state index < -0.39 is 11.5 Å². The Hall–Kier alpha value is -3.22. The molecule has 7 heteroatoms. The summed E-state index contributed by atoms with van der Waals surface area (Å²) in [6.07, 6.45) is 1.42. The third kappa shape index (κ3) is 3.24. The van der Waals surface area contributed by atoms with Gasteiger partial charge in [-0.25, -0.2) is 9.78 Å². The fourth-order valence-electron chi connectivity index (χ4n) is 2.29. The number of benzene rings is 1. The van der Waals surface area contributed by atoms with Gasteiger partial charge in [0.05, 0.1) is 6.33 Å². The van der Waals surface area contributed by atoms with Crippen LogP contribution in [0.5, 0.6) is 0 Å². The van der Waals surface area contributed by atoms with Gasteiger partial charge in [0.25, 0.3) is 11.5 Å². The Labute approximate surface area is 136 Å². The number of amides is 1. The third-order valence-electron chi connectivity index (χ3n) is 3.54. The van der Waals surface area contributed by atoms with E-state index in [1.165, 1.54) is 23.0 Å². The summed E-state index contributed by atoms with van der Waals surface area (Å²) in [5.41, 5.74) is 0.107. The Balaban J connectivity index is 1.72. The van der Waals surface area contributed by atoms with Crippen molar-refractivity contribution in [3.05, 3.63) is 74.8 Å². The van der Waals surface area contributed by atoms with Gasteiger partial charge >= 0.3 is 5.63 Å². The van der Waals surface area contributed by atoms with Gasteiger partial charge in [-0.3, -0.25) is 14.2 Å². The molecule has 0 aliphatic rings. The number of fused-ring (bicyclic) bond motifs is 1. The minimum atomic E-state index is -0.694. The van der Waals surface area contributed by atoms with E-state index in [0.29, 0.717) is 16.7 Å². The third-order valence-corrected chi connectivity index (χ3v) is 3.54. The first-order valence-electron chi connectivity index (χ1n) is 7.39. The minimum Gasteiger partial charge on any atom is -0.422 e. The molecule has 0 unspecified atom stereocenters. The van der Waals surface area contributed by atoms with Gasteiger partial charge < -0.3 is 9.73 Å². The van der Waals surface area contributed by atoms with Gasteiger partial charge in [0.1, 0.15) is 11.1 Å². The van der Waals surface area contributed by atoms with Crippen LogP contribution in [0.2, 0.25) is 0 Å². The normalized spacial score (nSPS) is 10.7. The van der Waals surface area contributed by atoms with E-state index in [9.17, 15) is 14.4 Å². The fraction of sp³-hybridized carbons (Fsp3) is 0.176. The highest BCUT2D eigenvalue weighted by Crippen LogP contribution is 2.12. The summed E-state index contributed by atoms with van der Waals surface area (Å²) in [6, 6.07) is 9.87. The molecule has 0 bridgehead atoms. The lowest BCUT2D eigenvalue weighted by Gasteiger charge is -2.07. The van der Waals surface area contributed by atoms with Crippen molar-refractivity contribution in [2.75, 3.05) is 6.54 Å². The van der Waals surface area contributed by atoms with Crippen molar-refractivity contribution in [1.82, 2.24) is 14.9 Å². The highest BCUT2D eigenvalue weighted by molar-refractivity contribution is 5.96. The number of rotatable bonds is 4. The van der Waals surface area contributed by atoms with Gasteiger partial charge in [-0.05, 0) is 19.1 Å². The maximum atomic E-state index is 12.2. The van der Waals surface area contributed by atoms with Crippen LogP contribution in [0.4, 0.5) is 0 Å². The van der Waals surface area contributed by atoms with Crippen LogP contribution in [-0.4, -0.2) is 22.0 Å². The number of carbonyl (C=O) groups excluding carboxylic acids is 1. The summed E-state index contributed by atoms with van der Waals surface area (Å²) in [6.45, 7) is 2.18. The Bertz CT molecular complexity index is 1020. The molecule has 0 spiro atoms. The van der Waals surface area contributed by atoms with E-state index >= 15 is 0 Å². The Kier molecular flexibility index (Phi) is 4.24. The minimum absolute atomic E-state index is 0.0666. The van der Waals surface area contributed by atoms with Crippen molar-refractivity contribution in [3.63, 3.8) is 0 Å². The SMILES string of the molecule is Cc1cc(=O)n(CCNC(=O)c2cc3ccccc3oc2=O)cn1. The molecule has 0 aliphatic heterocycles. The lowest BCUT2D eigenvalue weighted by molar-refractivity contribution is 0.0948. The monoisotopic (exact) mass is 325 g/mol. The number of hydrogen-bond donors (Lipinski definition) is 1. The number of hydrogen-bond acceptors (Lipinski definition) is 5. The molecule has 0 aliphatic carbocycles. The fourth-order valence-corrected chi connectivity index (χ4v) is 2.29. The van der Waals surface area contributed by atoms with Gasteiger partial charge in [-0.2, -0.15) is 0 Å². The van der Waals surface area contributed by atoms with E-state index in [4.69, 9.17) is 4.42 Å². The van der Waals surface area contributed by atoms with Crippen molar-refractivity contribution in [2.45, 2.75) is 13.5 Å². The predicted octanol–water partition coefficient (Wildman–Crippen LogP) is 1.09. The molecule has 3 aromatic rings. The molecule has 2 aromatic heterocycles. The summed E-state index contributed by atoms with van der Waals surface area (Å²) < 4.78 is 6.51. The van der Waals surface area contributed by atoms with E-state index in [0.717, 1.165) is 0 Å². The quantitative estimate of drug-likeness (QED) is 0.725. The van der Waals surface area contributed by atoms with Crippen molar-refractivity contribution in [1.29, 1.82) is 0 Å². The zero-order valence-electron chi connectivity index (χ0n) is 13.0. The molecule has 122 valence electrons. The number of nitrogens with one attached hydrogen (secondary N) is 1. The van der Waals surface area contributed by atoms with Gasteiger partial charge in [-0.1, -0.05) is 18.2 Å². The standard InChI is InChI=1S/C17H15N3O4/c1-11-8-15(21)20(10-19-11)7-6-18-16(22)13-9-12-4-2-3-5-14(12)24-17(13)23/h2-5,8-10H,6-7H2,1H3,(H,18,22). The van der Waals surface area contributed by atoms with Crippen LogP contribution in [0.3, 0.4) is 0 Å². The van der Waals surface area contributed by atoms with E-state index in [-0.39, 0.29) is 24.2 Å². The average Bonchev–Trinajstić information content (AvgIpc) is 2.56. The predicted molar refractivity (Wildman–Crippen MR) is 88.1 cm³/mol. The summed E-state index contributed by atoms with van der Waals surface area (Å²) in [5, 5.41) is 3.28. The van der Waals surface area contributed by atoms with Crippen LogP contribution in [0, 0.1) is 6.92 Å². The molecular weight excluding hydrogens is 310 g/mol. The first-order chi connectivity index (χ1) is 11.5. The average molecular weight is 325 g/mol. The molecule has 1 amide bonds. The molecular formula is C17H15N3O4. The molecule has 2 heterocycles. The van der Waals surface area contributed by atoms with Crippen molar-refractivity contribution in [3.8, 4) is 0 Å². The van der Waals surface area contributed by atoms with E-state index in [2.05, 4.69) is 10.3 Å². The second-order valence-corrected chi connectivity index (χ2v) is 5.30. The van der Waals surface area contributed by atoms with Crippen LogP contribution >= 0.6 is 0 Å². The number of aromatic nitrogens is 2. The maximum Gasteiger partial charge on any atom is 0.349 e. The molecule has 0 atom stereocenters. The van der Waals surface area contributed by atoms with Gasteiger partial charge in [0, 0.05) is 30.2 Å². The number of nitrogens with zero attached hydrogens (tertiary/aromatic N) is 2. The highest BCUT2D eigenvalue weighted by atomic mass is 16.4. The van der Waals surface area contributed by atoms with Crippen molar-refractivity contribution < 1.29 is 9.21 Å². The summed E-state index contributed by atoms with van der Waals surface area (Å²) in [5.74, 6) is -0.539. The van der Waals surface area contributed by atoms with Crippen LogP contribution < -0.4 is 16.5 Å². The zero-order chi connectivity index (χ0) is 17.1. The summed E-state index contributed by atoms with van der Waals surface area (Å²) in [7, 11) is 0. The molecule has 1 N–H and O–H groups in total. The molecule has 1 aromatic carbocycles. The second kappa shape index (κ2) is 6.49. The topological polar surface area (TPSA) is 94.2 Å². The molecule has 0 radical (unpaired) electrons. The maximum absolute atomic E-state index is 12.2. The Morgan fingerprint density at radius 2 is 2.04 bits per heavy atom. The zero-order valence-corrected chi connectivity index (χ0v) is 13.0. The van der Waals surface area contributed by atoms with Gasteiger partial charge in [0.2, 0.25) is 0 Å². The highest BCUT2D eigenvalue weighted by Gasteiger charge is 2.13. The summed E-state index contributed by atoms with van der Waals surface area (Å²) >= 11 is 0.